The molecule has 0 amide bonds. The first-order valence-electron chi connectivity index (χ1n) is 5.09. The predicted molar refractivity (Wildman–Crippen MR) is 69.0 cm³/mol. The molecule has 0 aromatic heterocycles. The summed E-state index contributed by atoms with van der Waals surface area (Å²) in [4.78, 5) is 0.970. The second-order valence-electron chi connectivity index (χ2n) is 3.46. The highest BCUT2D eigenvalue weighted by atomic mass is 32.1. The molecule has 16 heavy (non-hydrogen) atoms. The van der Waals surface area contributed by atoms with Crippen LogP contribution in [0.5, 0.6) is 0 Å². The van der Waals surface area contributed by atoms with Crippen molar-refractivity contribution in [3.05, 3.63) is 29.8 Å². The molecule has 0 aliphatic heterocycles. The Balaban J connectivity index is 2.58. The zero-order valence-electron chi connectivity index (χ0n) is 9.90. The lowest BCUT2D eigenvalue weighted by Gasteiger charge is -2.24. The smallest absolute Gasteiger partial charge is 0.377 e. The maximum atomic E-state index is 5.36. The molecule has 0 fully saturated rings. The number of aryl methyl sites for hydroxylation is 1. The van der Waals surface area contributed by atoms with E-state index in [1.807, 2.05) is 12.1 Å². The average molecular weight is 258 g/mol. The topological polar surface area (TPSA) is 27.7 Å². The van der Waals surface area contributed by atoms with Crippen molar-refractivity contribution in [1.29, 1.82) is 0 Å². The maximum absolute atomic E-state index is 5.36. The van der Waals surface area contributed by atoms with Crippen molar-refractivity contribution < 1.29 is 13.3 Å². The standard InChI is InChI=1S/C11H18O3SSi/c1-12-16(13-2,14-3)9-8-10-4-6-11(15)7-5-10/h4-7,15H,8-9H2,1-3H3. The molecule has 1 aromatic rings. The van der Waals surface area contributed by atoms with E-state index in [-0.39, 0.29) is 0 Å². The zero-order valence-corrected chi connectivity index (χ0v) is 11.8. The van der Waals surface area contributed by atoms with Crippen LogP contribution in [0.15, 0.2) is 29.2 Å². The van der Waals surface area contributed by atoms with Crippen LogP contribution in [-0.2, 0) is 19.7 Å². The Labute approximate surface area is 104 Å². The van der Waals surface area contributed by atoms with Gasteiger partial charge in [0.25, 0.3) is 0 Å². The fourth-order valence-electron chi connectivity index (χ4n) is 1.52. The van der Waals surface area contributed by atoms with Crippen LogP contribution in [0, 0.1) is 0 Å². The van der Waals surface area contributed by atoms with E-state index in [0.29, 0.717) is 0 Å². The van der Waals surface area contributed by atoms with Crippen molar-refractivity contribution in [2.24, 2.45) is 0 Å². The summed E-state index contributed by atoms with van der Waals surface area (Å²) in [5.41, 5.74) is 1.24. The molecule has 0 aliphatic rings. The van der Waals surface area contributed by atoms with Gasteiger partial charge >= 0.3 is 8.80 Å². The average Bonchev–Trinajstić information content (AvgIpc) is 2.34. The van der Waals surface area contributed by atoms with E-state index >= 15 is 0 Å². The van der Waals surface area contributed by atoms with Crippen molar-refractivity contribution in [1.82, 2.24) is 0 Å². The first-order valence-corrected chi connectivity index (χ1v) is 7.47. The Kier molecular flexibility index (Phi) is 5.50. The monoisotopic (exact) mass is 258 g/mol. The highest BCUT2D eigenvalue weighted by Gasteiger charge is 2.36. The van der Waals surface area contributed by atoms with E-state index in [9.17, 15) is 0 Å². The van der Waals surface area contributed by atoms with E-state index in [1.165, 1.54) is 5.56 Å². The van der Waals surface area contributed by atoms with Crippen LogP contribution < -0.4 is 0 Å². The van der Waals surface area contributed by atoms with Crippen molar-refractivity contribution in [2.75, 3.05) is 21.3 Å². The number of rotatable bonds is 6. The summed E-state index contributed by atoms with van der Waals surface area (Å²) in [6, 6.07) is 8.86. The minimum absolute atomic E-state index is 0.780. The predicted octanol–water partition coefficient (Wildman–Crippen LogP) is 2.40. The normalized spacial score (nSPS) is 11.8. The summed E-state index contributed by atoms with van der Waals surface area (Å²) in [6.45, 7) is 0. The Morgan fingerprint density at radius 3 is 1.94 bits per heavy atom. The van der Waals surface area contributed by atoms with Gasteiger partial charge in [0.1, 0.15) is 0 Å². The summed E-state index contributed by atoms with van der Waals surface area (Å²) < 4.78 is 16.1. The van der Waals surface area contributed by atoms with Crippen LogP contribution in [0.4, 0.5) is 0 Å². The Hall–Kier alpha value is -0.333. The lowest BCUT2D eigenvalue weighted by Crippen LogP contribution is -2.43. The van der Waals surface area contributed by atoms with E-state index < -0.39 is 8.80 Å². The van der Waals surface area contributed by atoms with Crippen LogP contribution in [0.3, 0.4) is 0 Å². The second-order valence-corrected chi connectivity index (χ2v) is 7.07. The number of hydrogen-bond acceptors (Lipinski definition) is 4. The molecule has 0 saturated heterocycles. The first-order chi connectivity index (χ1) is 7.65. The van der Waals surface area contributed by atoms with Crippen molar-refractivity contribution in [3.63, 3.8) is 0 Å². The molecule has 0 heterocycles. The number of benzene rings is 1. The SMILES string of the molecule is CO[Si](CCc1ccc(S)cc1)(OC)OC. The molecule has 5 heteroatoms. The largest absolute Gasteiger partial charge is 0.500 e. The minimum Gasteiger partial charge on any atom is -0.377 e. The third-order valence-corrected chi connectivity index (χ3v) is 5.62. The van der Waals surface area contributed by atoms with Gasteiger partial charge in [0.2, 0.25) is 0 Å². The van der Waals surface area contributed by atoms with Gasteiger partial charge in [-0.15, -0.1) is 12.6 Å². The molecule has 0 spiro atoms. The molecule has 3 nitrogen and oxygen atoms in total. The molecule has 90 valence electrons. The van der Waals surface area contributed by atoms with Gasteiger partial charge in [0.05, 0.1) is 0 Å². The Morgan fingerprint density at radius 1 is 1.00 bits per heavy atom. The van der Waals surface area contributed by atoms with Gasteiger partial charge in [-0.05, 0) is 24.1 Å². The summed E-state index contributed by atoms with van der Waals surface area (Å²) in [6.07, 6.45) is 0.885. The van der Waals surface area contributed by atoms with Crippen molar-refractivity contribution in [2.45, 2.75) is 17.4 Å². The summed E-state index contributed by atoms with van der Waals surface area (Å²) >= 11 is 4.25. The highest BCUT2D eigenvalue weighted by Crippen LogP contribution is 2.17. The van der Waals surface area contributed by atoms with Crippen LogP contribution in [0.25, 0.3) is 0 Å². The van der Waals surface area contributed by atoms with E-state index in [2.05, 4.69) is 24.8 Å². The summed E-state index contributed by atoms with van der Waals surface area (Å²) in [7, 11) is 2.47. The Bertz CT molecular complexity index is 303. The fourth-order valence-corrected chi connectivity index (χ4v) is 3.37. The molecular weight excluding hydrogens is 240 g/mol. The second kappa shape index (κ2) is 6.41. The lowest BCUT2D eigenvalue weighted by atomic mass is 10.2. The van der Waals surface area contributed by atoms with Gasteiger partial charge in [0.15, 0.2) is 0 Å². The maximum Gasteiger partial charge on any atom is 0.500 e. The molecule has 0 saturated carbocycles. The molecule has 0 bridgehead atoms. The molecule has 1 rings (SSSR count). The third kappa shape index (κ3) is 3.60. The molecule has 0 unspecified atom stereocenters. The Morgan fingerprint density at radius 2 is 1.50 bits per heavy atom. The molecule has 0 radical (unpaired) electrons. The molecule has 0 N–H and O–H groups in total. The zero-order chi connectivity index (χ0) is 12.0. The number of thiol groups is 1. The van der Waals surface area contributed by atoms with Gasteiger partial charge < -0.3 is 13.3 Å². The van der Waals surface area contributed by atoms with Gasteiger partial charge in [-0.3, -0.25) is 0 Å². The van der Waals surface area contributed by atoms with Crippen LogP contribution in [-0.4, -0.2) is 30.1 Å². The summed E-state index contributed by atoms with van der Waals surface area (Å²) in [5.74, 6) is 0. The van der Waals surface area contributed by atoms with Gasteiger partial charge in [-0.2, -0.15) is 0 Å². The molecule has 0 aliphatic carbocycles. The fraction of sp³-hybridized carbons (Fsp3) is 0.455. The quantitative estimate of drug-likeness (QED) is 0.627. The molecular formula is C11H18O3SSi. The van der Waals surface area contributed by atoms with Crippen LogP contribution >= 0.6 is 12.6 Å². The van der Waals surface area contributed by atoms with Crippen molar-refractivity contribution >= 4 is 21.4 Å². The van der Waals surface area contributed by atoms with Gasteiger partial charge in [-0.25, -0.2) is 0 Å². The minimum atomic E-state index is -2.43. The molecule has 1 aromatic carbocycles. The van der Waals surface area contributed by atoms with E-state index in [4.69, 9.17) is 13.3 Å². The lowest BCUT2D eigenvalue weighted by molar-refractivity contribution is 0.123. The van der Waals surface area contributed by atoms with Crippen LogP contribution in [0.2, 0.25) is 6.04 Å². The third-order valence-electron chi connectivity index (χ3n) is 2.59. The summed E-state index contributed by atoms with van der Waals surface area (Å²) in [5, 5.41) is 0. The van der Waals surface area contributed by atoms with E-state index in [0.717, 1.165) is 17.4 Å². The van der Waals surface area contributed by atoms with Gasteiger partial charge in [-0.1, -0.05) is 12.1 Å². The van der Waals surface area contributed by atoms with Crippen molar-refractivity contribution in [3.8, 4) is 0 Å². The number of hydrogen-bond donors (Lipinski definition) is 1. The van der Waals surface area contributed by atoms with Gasteiger partial charge in [0, 0.05) is 32.3 Å². The molecule has 0 atom stereocenters. The highest BCUT2D eigenvalue weighted by molar-refractivity contribution is 7.80. The van der Waals surface area contributed by atoms with Crippen LogP contribution in [0.1, 0.15) is 5.56 Å². The van der Waals surface area contributed by atoms with E-state index in [1.54, 1.807) is 21.3 Å². The first kappa shape index (κ1) is 13.7.